The van der Waals surface area contributed by atoms with Crippen LogP contribution >= 0.6 is 0 Å². The summed E-state index contributed by atoms with van der Waals surface area (Å²) in [5.74, 6) is 0.649. The molecule has 2 heterocycles. The van der Waals surface area contributed by atoms with Gasteiger partial charge in [-0.15, -0.1) is 6.58 Å². The Morgan fingerprint density at radius 1 is 1.32 bits per heavy atom. The molecule has 3 rings (SSSR count). The van der Waals surface area contributed by atoms with Crippen molar-refractivity contribution in [2.24, 2.45) is 0 Å². The Balaban J connectivity index is 2.07. The van der Waals surface area contributed by atoms with Crippen molar-refractivity contribution in [1.82, 2.24) is 0 Å². The zero-order valence-corrected chi connectivity index (χ0v) is 17.6. The Morgan fingerprint density at radius 3 is 2.75 bits per heavy atom. The van der Waals surface area contributed by atoms with E-state index in [4.69, 9.17) is 9.15 Å². The summed E-state index contributed by atoms with van der Waals surface area (Å²) in [4.78, 5) is 12.8. The first kappa shape index (κ1) is 20.2. The van der Waals surface area contributed by atoms with Gasteiger partial charge >= 0.3 is 5.63 Å². The SMILES string of the molecule is C=CC1(C)CC(C=C(C)CCC=C(C)C)Oc2c1c(=O)oc1cccc(C)c21. The quantitative estimate of drug-likeness (QED) is 0.447. The second-order valence-electron chi connectivity index (χ2n) is 8.36. The minimum absolute atomic E-state index is 0.105. The number of fused-ring (bicyclic) bond motifs is 3. The summed E-state index contributed by atoms with van der Waals surface area (Å²) in [5.41, 5.74) is 3.99. The average Bonchev–Trinajstić information content (AvgIpc) is 2.60. The fraction of sp³-hybridized carbons (Fsp3) is 0.400. The second kappa shape index (κ2) is 7.83. The van der Waals surface area contributed by atoms with E-state index >= 15 is 0 Å². The average molecular weight is 379 g/mol. The molecule has 0 radical (unpaired) electrons. The largest absolute Gasteiger partial charge is 0.485 e. The molecule has 0 bridgehead atoms. The highest BCUT2D eigenvalue weighted by Crippen LogP contribution is 2.44. The van der Waals surface area contributed by atoms with E-state index < -0.39 is 5.41 Å². The topological polar surface area (TPSA) is 39.4 Å². The van der Waals surface area contributed by atoms with Crippen LogP contribution in [0.5, 0.6) is 5.75 Å². The lowest BCUT2D eigenvalue weighted by Gasteiger charge is -2.36. The third kappa shape index (κ3) is 3.84. The molecule has 1 aromatic carbocycles. The van der Waals surface area contributed by atoms with Crippen LogP contribution in [0.2, 0.25) is 0 Å². The summed E-state index contributed by atoms with van der Waals surface area (Å²) < 4.78 is 12.0. The third-order valence-corrected chi connectivity index (χ3v) is 5.57. The number of allylic oxidation sites excluding steroid dienone is 4. The molecule has 0 saturated carbocycles. The van der Waals surface area contributed by atoms with Crippen LogP contribution in [-0.2, 0) is 5.41 Å². The van der Waals surface area contributed by atoms with Crippen LogP contribution in [-0.4, -0.2) is 6.10 Å². The smallest absolute Gasteiger partial charge is 0.344 e. The fourth-order valence-corrected chi connectivity index (χ4v) is 3.98. The molecule has 1 aromatic heterocycles. The Hall–Kier alpha value is -2.55. The van der Waals surface area contributed by atoms with Crippen LogP contribution in [0.3, 0.4) is 0 Å². The number of benzene rings is 1. The van der Waals surface area contributed by atoms with E-state index in [1.807, 2.05) is 38.1 Å². The molecule has 2 aromatic rings. The van der Waals surface area contributed by atoms with Gasteiger partial charge in [0.05, 0.1) is 10.9 Å². The van der Waals surface area contributed by atoms with Gasteiger partial charge in [0, 0.05) is 11.8 Å². The molecule has 0 amide bonds. The van der Waals surface area contributed by atoms with Gasteiger partial charge in [-0.2, -0.15) is 0 Å². The molecule has 1 aliphatic rings. The zero-order chi connectivity index (χ0) is 20.5. The summed E-state index contributed by atoms with van der Waals surface area (Å²) in [6.07, 6.45) is 8.90. The minimum Gasteiger partial charge on any atom is -0.485 e. The summed E-state index contributed by atoms with van der Waals surface area (Å²) in [6, 6.07) is 5.73. The Kier molecular flexibility index (Phi) is 5.64. The van der Waals surface area contributed by atoms with E-state index in [0.29, 0.717) is 23.3 Å². The summed E-state index contributed by atoms with van der Waals surface area (Å²) in [6.45, 7) is 14.5. The van der Waals surface area contributed by atoms with Crippen molar-refractivity contribution in [2.45, 2.75) is 65.4 Å². The molecule has 0 fully saturated rings. The Morgan fingerprint density at radius 2 is 2.07 bits per heavy atom. The second-order valence-corrected chi connectivity index (χ2v) is 8.36. The van der Waals surface area contributed by atoms with E-state index in [-0.39, 0.29) is 11.7 Å². The number of rotatable bonds is 5. The molecule has 3 nitrogen and oxygen atoms in total. The summed E-state index contributed by atoms with van der Waals surface area (Å²) >= 11 is 0. The van der Waals surface area contributed by atoms with Crippen molar-refractivity contribution in [3.05, 3.63) is 75.7 Å². The van der Waals surface area contributed by atoms with Gasteiger partial charge in [0.2, 0.25) is 0 Å². The van der Waals surface area contributed by atoms with Crippen molar-refractivity contribution >= 4 is 11.0 Å². The van der Waals surface area contributed by atoms with Crippen molar-refractivity contribution in [3.63, 3.8) is 0 Å². The van der Waals surface area contributed by atoms with E-state index in [9.17, 15) is 4.79 Å². The van der Waals surface area contributed by atoms with Crippen molar-refractivity contribution < 1.29 is 9.15 Å². The number of hydrogen-bond donors (Lipinski definition) is 0. The molecule has 1 aliphatic heterocycles. The van der Waals surface area contributed by atoms with Gasteiger partial charge in [-0.25, -0.2) is 4.79 Å². The van der Waals surface area contributed by atoms with Crippen LogP contribution in [0, 0.1) is 6.92 Å². The molecular formula is C25H30O3. The Labute approximate surface area is 167 Å². The molecule has 2 unspecified atom stereocenters. The standard InChI is InChI=1S/C25H30O3/c1-7-25(6)15-19(14-17(4)11-8-10-16(2)3)27-23-21-18(5)12-9-13-20(21)28-24(26)22(23)25/h7,9-10,12-14,19H,1,8,11,15H2,2-6H3. The van der Waals surface area contributed by atoms with Crippen molar-refractivity contribution in [3.8, 4) is 5.75 Å². The first-order valence-corrected chi connectivity index (χ1v) is 9.93. The van der Waals surface area contributed by atoms with Crippen LogP contribution in [0.15, 0.2) is 63.4 Å². The molecule has 0 aliphatic carbocycles. The number of hydrogen-bond acceptors (Lipinski definition) is 3. The molecule has 28 heavy (non-hydrogen) atoms. The van der Waals surface area contributed by atoms with Gasteiger partial charge < -0.3 is 9.15 Å². The lowest BCUT2D eigenvalue weighted by Crippen LogP contribution is -2.38. The van der Waals surface area contributed by atoms with E-state index in [0.717, 1.165) is 23.8 Å². The van der Waals surface area contributed by atoms with Gasteiger partial charge in [0.15, 0.2) is 0 Å². The van der Waals surface area contributed by atoms with E-state index in [2.05, 4.69) is 39.5 Å². The van der Waals surface area contributed by atoms with Gasteiger partial charge in [-0.1, -0.05) is 42.4 Å². The molecule has 2 atom stereocenters. The van der Waals surface area contributed by atoms with Gasteiger partial charge in [-0.3, -0.25) is 0 Å². The lowest BCUT2D eigenvalue weighted by atomic mass is 9.75. The van der Waals surface area contributed by atoms with Crippen LogP contribution in [0.1, 0.15) is 58.1 Å². The monoisotopic (exact) mass is 378 g/mol. The van der Waals surface area contributed by atoms with Crippen molar-refractivity contribution in [1.29, 1.82) is 0 Å². The maximum Gasteiger partial charge on any atom is 0.344 e. The van der Waals surface area contributed by atoms with E-state index in [1.54, 1.807) is 0 Å². The summed E-state index contributed by atoms with van der Waals surface area (Å²) in [7, 11) is 0. The predicted molar refractivity (Wildman–Crippen MR) is 116 cm³/mol. The van der Waals surface area contributed by atoms with E-state index in [1.165, 1.54) is 11.1 Å². The molecule has 0 spiro atoms. The lowest BCUT2D eigenvalue weighted by molar-refractivity contribution is 0.181. The highest BCUT2D eigenvalue weighted by Gasteiger charge is 2.39. The maximum absolute atomic E-state index is 12.8. The third-order valence-electron chi connectivity index (χ3n) is 5.57. The molecule has 0 saturated heterocycles. The first-order valence-electron chi connectivity index (χ1n) is 9.93. The van der Waals surface area contributed by atoms with Gasteiger partial charge in [0.25, 0.3) is 0 Å². The molecule has 148 valence electrons. The van der Waals surface area contributed by atoms with Crippen molar-refractivity contribution in [2.75, 3.05) is 0 Å². The predicted octanol–water partition coefficient (Wildman–Crippen LogP) is 6.39. The summed E-state index contributed by atoms with van der Waals surface area (Å²) in [5, 5.41) is 0.880. The fourth-order valence-electron chi connectivity index (χ4n) is 3.98. The molecule has 3 heteroatoms. The van der Waals surface area contributed by atoms with Crippen LogP contribution < -0.4 is 10.4 Å². The zero-order valence-electron chi connectivity index (χ0n) is 17.6. The van der Waals surface area contributed by atoms with Gasteiger partial charge in [-0.05, 0) is 58.2 Å². The maximum atomic E-state index is 12.8. The highest BCUT2D eigenvalue weighted by atomic mass is 16.5. The molecule has 0 N–H and O–H groups in total. The van der Waals surface area contributed by atoms with Crippen LogP contribution in [0.4, 0.5) is 0 Å². The number of ether oxygens (including phenoxy) is 1. The first-order chi connectivity index (χ1) is 13.2. The van der Waals surface area contributed by atoms with Gasteiger partial charge in [0.1, 0.15) is 17.4 Å². The molecular weight excluding hydrogens is 348 g/mol. The Bertz CT molecular complexity index is 1020. The highest BCUT2D eigenvalue weighted by molar-refractivity contribution is 5.88. The normalized spacial score (nSPS) is 21.8. The van der Waals surface area contributed by atoms with Crippen LogP contribution in [0.25, 0.3) is 11.0 Å². The number of aryl methyl sites for hydroxylation is 1. The minimum atomic E-state index is -0.494.